The van der Waals surface area contributed by atoms with Crippen molar-refractivity contribution < 1.29 is 23.6 Å². The minimum absolute atomic E-state index is 0.0137. The molecule has 1 spiro atoms. The van der Waals surface area contributed by atoms with E-state index in [1.54, 1.807) is 42.5 Å². The van der Waals surface area contributed by atoms with Crippen molar-refractivity contribution in [1.29, 1.82) is 0 Å². The van der Waals surface area contributed by atoms with E-state index in [-0.39, 0.29) is 29.3 Å². The molecule has 0 unspecified atom stereocenters. The second-order valence-electron chi connectivity index (χ2n) is 9.72. The standard InChI is InChI=1S/C28H26FN3O5/c1-36-24-15-17(12-13-23(24)37-16-18-7-2-4-9-20(18)29)25-22-11-6-14-31(22)28(26(25)32(34)35)19-8-3-5-10-21(19)30-27(28)33/h2-5,7-10,12-13,15,22,25-26H,6,11,14,16H2,1H3,(H,30,33)/t22-,25+,26+,28+/m0/s1. The van der Waals surface area contributed by atoms with E-state index >= 15 is 0 Å². The van der Waals surface area contributed by atoms with Crippen molar-refractivity contribution in [2.24, 2.45) is 0 Å². The number of nitro groups is 1. The molecule has 3 aromatic carbocycles. The van der Waals surface area contributed by atoms with Gasteiger partial charge >= 0.3 is 0 Å². The number of hydrogen-bond donors (Lipinski definition) is 1. The largest absolute Gasteiger partial charge is 0.493 e. The van der Waals surface area contributed by atoms with E-state index in [0.29, 0.717) is 40.4 Å². The van der Waals surface area contributed by atoms with Crippen molar-refractivity contribution in [3.8, 4) is 11.5 Å². The van der Waals surface area contributed by atoms with Crippen LogP contribution in [0.1, 0.15) is 35.4 Å². The van der Waals surface area contributed by atoms with Crippen LogP contribution >= 0.6 is 0 Å². The fourth-order valence-electron chi connectivity index (χ4n) is 6.56. The molecule has 0 aromatic heterocycles. The number of methoxy groups -OCH3 is 1. The first-order valence-corrected chi connectivity index (χ1v) is 12.3. The van der Waals surface area contributed by atoms with E-state index in [1.807, 2.05) is 23.1 Å². The monoisotopic (exact) mass is 503 g/mol. The van der Waals surface area contributed by atoms with Crippen molar-refractivity contribution >= 4 is 11.6 Å². The van der Waals surface area contributed by atoms with Gasteiger partial charge in [-0.15, -0.1) is 0 Å². The number of para-hydroxylation sites is 1. The molecular weight excluding hydrogens is 477 g/mol. The Morgan fingerprint density at radius 1 is 1.14 bits per heavy atom. The number of halogens is 1. The van der Waals surface area contributed by atoms with Gasteiger partial charge in [-0.25, -0.2) is 4.39 Å². The second kappa shape index (κ2) is 8.85. The van der Waals surface area contributed by atoms with Crippen LogP contribution < -0.4 is 14.8 Å². The van der Waals surface area contributed by atoms with E-state index in [4.69, 9.17) is 9.47 Å². The van der Waals surface area contributed by atoms with Crippen molar-refractivity contribution in [2.45, 2.75) is 43.0 Å². The lowest BCUT2D eigenvalue weighted by atomic mass is 9.77. The van der Waals surface area contributed by atoms with Crippen LogP contribution in [0.4, 0.5) is 10.1 Å². The molecule has 2 fully saturated rings. The summed E-state index contributed by atoms with van der Waals surface area (Å²) in [6.07, 6.45) is 1.60. The predicted molar refractivity (Wildman–Crippen MR) is 134 cm³/mol. The summed E-state index contributed by atoms with van der Waals surface area (Å²) in [5.41, 5.74) is 1.03. The Balaban J connectivity index is 1.40. The molecule has 1 amide bonds. The molecule has 8 nitrogen and oxygen atoms in total. The molecule has 1 N–H and O–H groups in total. The van der Waals surface area contributed by atoms with Crippen LogP contribution in [0, 0.1) is 15.9 Å². The van der Waals surface area contributed by atoms with E-state index in [9.17, 15) is 19.3 Å². The minimum Gasteiger partial charge on any atom is -0.493 e. The van der Waals surface area contributed by atoms with Gasteiger partial charge in [-0.1, -0.05) is 42.5 Å². The number of ether oxygens (including phenoxy) is 2. The van der Waals surface area contributed by atoms with Gasteiger partial charge in [-0.2, -0.15) is 0 Å². The van der Waals surface area contributed by atoms with Gasteiger partial charge in [-0.3, -0.25) is 19.8 Å². The molecule has 3 aliphatic rings. The average Bonchev–Trinajstić information content (AvgIpc) is 3.56. The molecular formula is C28H26FN3O5. The number of benzene rings is 3. The fraction of sp³-hybridized carbons (Fsp3) is 0.321. The van der Waals surface area contributed by atoms with E-state index in [0.717, 1.165) is 12.8 Å². The first-order chi connectivity index (χ1) is 18.0. The Kier molecular flexibility index (Phi) is 5.60. The van der Waals surface area contributed by atoms with Gasteiger partial charge in [0.1, 0.15) is 12.4 Å². The van der Waals surface area contributed by atoms with Gasteiger partial charge < -0.3 is 14.8 Å². The van der Waals surface area contributed by atoms with Gasteiger partial charge in [-0.05, 0) is 42.7 Å². The van der Waals surface area contributed by atoms with E-state index in [2.05, 4.69) is 5.32 Å². The number of fused-ring (bicyclic) bond motifs is 4. The van der Waals surface area contributed by atoms with Crippen LogP contribution in [0.5, 0.6) is 11.5 Å². The molecule has 0 aliphatic carbocycles. The van der Waals surface area contributed by atoms with Crippen molar-refractivity contribution in [1.82, 2.24) is 4.90 Å². The summed E-state index contributed by atoms with van der Waals surface area (Å²) in [6.45, 7) is 0.619. The maximum absolute atomic E-state index is 14.1. The van der Waals surface area contributed by atoms with Gasteiger partial charge in [0.2, 0.25) is 0 Å². The molecule has 2 saturated heterocycles. The zero-order valence-corrected chi connectivity index (χ0v) is 20.2. The molecule has 37 heavy (non-hydrogen) atoms. The van der Waals surface area contributed by atoms with Gasteiger partial charge in [0.15, 0.2) is 17.0 Å². The third kappa shape index (κ3) is 3.41. The Morgan fingerprint density at radius 3 is 2.70 bits per heavy atom. The fourth-order valence-corrected chi connectivity index (χ4v) is 6.56. The maximum Gasteiger partial charge on any atom is 0.256 e. The zero-order valence-electron chi connectivity index (χ0n) is 20.2. The lowest BCUT2D eigenvalue weighted by molar-refractivity contribution is -0.534. The third-order valence-electron chi connectivity index (χ3n) is 8.01. The molecule has 3 aliphatic heterocycles. The van der Waals surface area contributed by atoms with Crippen molar-refractivity contribution in [2.75, 3.05) is 19.0 Å². The number of carbonyl (C=O) groups excluding carboxylic acids is 1. The lowest BCUT2D eigenvalue weighted by Crippen LogP contribution is -2.55. The number of anilines is 1. The highest BCUT2D eigenvalue weighted by Gasteiger charge is 2.73. The molecule has 6 rings (SSSR count). The average molecular weight is 504 g/mol. The molecule has 190 valence electrons. The number of carbonyl (C=O) groups is 1. The zero-order chi connectivity index (χ0) is 25.7. The highest BCUT2D eigenvalue weighted by molar-refractivity contribution is 6.07. The SMILES string of the molecule is COc1cc([C@@H]2[C@@H]3CCCN3[C@@]3(C(=O)Nc4ccccc43)[C@@H]2[N+](=O)[O-])ccc1OCc1ccccc1F. The summed E-state index contributed by atoms with van der Waals surface area (Å²) in [5.74, 6) is -0.435. The summed E-state index contributed by atoms with van der Waals surface area (Å²) in [4.78, 5) is 28.1. The molecule has 0 bridgehead atoms. The van der Waals surface area contributed by atoms with Crippen LogP contribution in [-0.2, 0) is 16.9 Å². The summed E-state index contributed by atoms with van der Waals surface area (Å²) in [6, 6.07) is 17.5. The van der Waals surface area contributed by atoms with Crippen LogP contribution in [0.3, 0.4) is 0 Å². The number of nitrogens with zero attached hydrogens (tertiary/aromatic N) is 2. The Bertz CT molecular complexity index is 1400. The van der Waals surface area contributed by atoms with Gasteiger partial charge in [0.25, 0.3) is 11.9 Å². The van der Waals surface area contributed by atoms with Crippen LogP contribution in [0.15, 0.2) is 66.7 Å². The Labute approximate surface area is 213 Å². The first kappa shape index (κ1) is 23.4. The smallest absolute Gasteiger partial charge is 0.256 e. The highest BCUT2D eigenvalue weighted by Crippen LogP contribution is 2.58. The molecule has 3 aromatic rings. The third-order valence-corrected chi connectivity index (χ3v) is 8.01. The normalized spacial score (nSPS) is 26.1. The topological polar surface area (TPSA) is 93.9 Å². The van der Waals surface area contributed by atoms with E-state index in [1.165, 1.54) is 13.2 Å². The number of hydrogen-bond acceptors (Lipinski definition) is 6. The highest BCUT2D eigenvalue weighted by atomic mass is 19.1. The van der Waals surface area contributed by atoms with Crippen LogP contribution in [0.2, 0.25) is 0 Å². The van der Waals surface area contributed by atoms with Gasteiger partial charge in [0.05, 0.1) is 13.0 Å². The minimum atomic E-state index is -1.38. The molecule has 0 radical (unpaired) electrons. The van der Waals surface area contributed by atoms with Crippen LogP contribution in [0.25, 0.3) is 0 Å². The number of rotatable bonds is 6. The van der Waals surface area contributed by atoms with E-state index < -0.39 is 17.5 Å². The molecule has 9 heteroatoms. The summed E-state index contributed by atoms with van der Waals surface area (Å²) >= 11 is 0. The van der Waals surface area contributed by atoms with Crippen molar-refractivity contribution in [3.05, 3.63) is 99.4 Å². The molecule has 4 atom stereocenters. The first-order valence-electron chi connectivity index (χ1n) is 12.3. The molecule has 3 heterocycles. The summed E-state index contributed by atoms with van der Waals surface area (Å²) in [7, 11) is 1.50. The Hall–Kier alpha value is -3.98. The predicted octanol–water partition coefficient (Wildman–Crippen LogP) is 4.47. The number of nitrogens with one attached hydrogen (secondary N) is 1. The van der Waals surface area contributed by atoms with Gasteiger partial charge in [0, 0.05) is 34.3 Å². The Morgan fingerprint density at radius 2 is 1.92 bits per heavy atom. The summed E-state index contributed by atoms with van der Waals surface area (Å²) < 4.78 is 25.5. The van der Waals surface area contributed by atoms with Crippen LogP contribution in [-0.4, -0.2) is 41.5 Å². The lowest BCUT2D eigenvalue weighted by Gasteiger charge is -2.32. The van der Waals surface area contributed by atoms with Crippen molar-refractivity contribution in [3.63, 3.8) is 0 Å². The quantitative estimate of drug-likeness (QED) is 0.394. The molecule has 0 saturated carbocycles. The summed E-state index contributed by atoms with van der Waals surface area (Å²) in [5, 5.41) is 15.7. The second-order valence-corrected chi connectivity index (χ2v) is 9.72. The maximum atomic E-state index is 14.1. The number of amides is 1.